The van der Waals surface area contributed by atoms with Gasteiger partial charge in [0.2, 0.25) is 11.9 Å². The molecular formula is C20H23N7O3. The fraction of sp³-hybridized carbons (Fsp3) is 0.350. The van der Waals surface area contributed by atoms with Crippen molar-refractivity contribution < 1.29 is 13.9 Å². The van der Waals surface area contributed by atoms with Crippen LogP contribution in [0.15, 0.2) is 47.1 Å². The quantitative estimate of drug-likeness (QED) is 0.623. The maximum Gasteiger partial charge on any atom is 0.322 e. The molecule has 1 N–H and O–H groups in total. The normalized spacial score (nSPS) is 14.5. The highest BCUT2D eigenvalue weighted by molar-refractivity contribution is 5.90. The molecule has 30 heavy (non-hydrogen) atoms. The number of amides is 1. The van der Waals surface area contributed by atoms with Crippen LogP contribution in [0.2, 0.25) is 0 Å². The highest BCUT2D eigenvalue weighted by atomic mass is 16.5. The largest absolute Gasteiger partial charge is 0.493 e. The number of piperazine rings is 1. The number of anilines is 2. The standard InChI is InChI=1S/C20H23N7O3/c1-2-29-16-7-4-3-6-15(16)18-24-25-20(30-18)23-17(28)14-26-10-12-27(13-11-26)19-21-8-5-9-22-19/h3-9H,2,10-14H2,1H3,(H,23,25,28). The first-order valence-corrected chi connectivity index (χ1v) is 9.83. The summed E-state index contributed by atoms with van der Waals surface area (Å²) in [5.41, 5.74) is 0.687. The number of carbonyl (C=O) groups is 1. The van der Waals surface area contributed by atoms with Crippen molar-refractivity contribution in [3.05, 3.63) is 42.7 Å². The van der Waals surface area contributed by atoms with Gasteiger partial charge in [-0.05, 0) is 25.1 Å². The van der Waals surface area contributed by atoms with Gasteiger partial charge in [-0.1, -0.05) is 17.2 Å². The smallest absolute Gasteiger partial charge is 0.322 e. The summed E-state index contributed by atoms with van der Waals surface area (Å²) in [4.78, 5) is 25.1. The summed E-state index contributed by atoms with van der Waals surface area (Å²) < 4.78 is 11.2. The van der Waals surface area contributed by atoms with Gasteiger partial charge in [0, 0.05) is 38.6 Å². The van der Waals surface area contributed by atoms with Crippen molar-refractivity contribution in [2.75, 3.05) is 49.5 Å². The summed E-state index contributed by atoms with van der Waals surface area (Å²) in [6.45, 7) is 5.68. The van der Waals surface area contributed by atoms with Gasteiger partial charge in [-0.25, -0.2) is 9.97 Å². The van der Waals surface area contributed by atoms with Crippen molar-refractivity contribution in [3.63, 3.8) is 0 Å². The zero-order valence-electron chi connectivity index (χ0n) is 16.7. The number of hydrogen-bond donors (Lipinski definition) is 1. The molecule has 3 heterocycles. The Balaban J connectivity index is 1.30. The van der Waals surface area contributed by atoms with Crippen molar-refractivity contribution in [1.29, 1.82) is 0 Å². The van der Waals surface area contributed by atoms with Crippen molar-refractivity contribution in [1.82, 2.24) is 25.1 Å². The lowest BCUT2D eigenvalue weighted by Crippen LogP contribution is -2.49. The third kappa shape index (κ3) is 4.71. The van der Waals surface area contributed by atoms with Crippen LogP contribution in [0, 0.1) is 0 Å². The molecule has 156 valence electrons. The summed E-state index contributed by atoms with van der Waals surface area (Å²) >= 11 is 0. The van der Waals surface area contributed by atoms with E-state index in [2.05, 4.69) is 35.3 Å². The highest BCUT2D eigenvalue weighted by Gasteiger charge is 2.21. The molecule has 0 saturated carbocycles. The van der Waals surface area contributed by atoms with Gasteiger partial charge in [0.25, 0.3) is 5.89 Å². The van der Waals surface area contributed by atoms with E-state index in [1.54, 1.807) is 18.5 Å². The molecule has 1 aromatic carbocycles. The number of aromatic nitrogens is 4. The van der Waals surface area contributed by atoms with Crippen LogP contribution < -0.4 is 15.0 Å². The molecule has 0 spiro atoms. The fourth-order valence-corrected chi connectivity index (χ4v) is 3.23. The molecule has 0 radical (unpaired) electrons. The number of nitrogens with one attached hydrogen (secondary N) is 1. The van der Waals surface area contributed by atoms with E-state index < -0.39 is 0 Å². The molecule has 3 aromatic rings. The fourth-order valence-electron chi connectivity index (χ4n) is 3.23. The van der Waals surface area contributed by atoms with Crippen LogP contribution in [0.3, 0.4) is 0 Å². The molecule has 1 aliphatic rings. The molecule has 0 bridgehead atoms. The molecule has 4 rings (SSSR count). The summed E-state index contributed by atoms with van der Waals surface area (Å²) in [6.07, 6.45) is 3.46. The van der Waals surface area contributed by atoms with Gasteiger partial charge in [-0.2, -0.15) is 0 Å². The van der Waals surface area contributed by atoms with Crippen LogP contribution in [-0.4, -0.2) is 70.3 Å². The van der Waals surface area contributed by atoms with Gasteiger partial charge < -0.3 is 14.1 Å². The van der Waals surface area contributed by atoms with Gasteiger partial charge in [-0.3, -0.25) is 15.0 Å². The van der Waals surface area contributed by atoms with Gasteiger partial charge in [0.05, 0.1) is 18.7 Å². The van der Waals surface area contributed by atoms with Crippen LogP contribution in [0.4, 0.5) is 12.0 Å². The second-order valence-corrected chi connectivity index (χ2v) is 6.70. The molecule has 10 nitrogen and oxygen atoms in total. The van der Waals surface area contributed by atoms with E-state index in [0.717, 1.165) is 26.2 Å². The molecule has 10 heteroatoms. The number of hydrogen-bond acceptors (Lipinski definition) is 9. The van der Waals surface area contributed by atoms with E-state index in [4.69, 9.17) is 9.15 Å². The minimum Gasteiger partial charge on any atom is -0.493 e. The molecule has 0 aliphatic carbocycles. The minimum absolute atomic E-state index is 0.0672. The summed E-state index contributed by atoms with van der Waals surface area (Å²) in [5, 5.41) is 10.6. The number of benzene rings is 1. The third-order valence-corrected chi connectivity index (χ3v) is 4.66. The predicted octanol–water partition coefficient (Wildman–Crippen LogP) is 1.69. The van der Waals surface area contributed by atoms with Crippen molar-refractivity contribution in [3.8, 4) is 17.2 Å². The highest BCUT2D eigenvalue weighted by Crippen LogP contribution is 2.29. The molecule has 1 aliphatic heterocycles. The first-order valence-electron chi connectivity index (χ1n) is 9.83. The molecular weight excluding hydrogens is 386 g/mol. The van der Waals surface area contributed by atoms with E-state index in [1.165, 1.54) is 0 Å². The van der Waals surface area contributed by atoms with E-state index in [-0.39, 0.29) is 18.5 Å². The lowest BCUT2D eigenvalue weighted by atomic mass is 10.2. The van der Waals surface area contributed by atoms with Crippen LogP contribution >= 0.6 is 0 Å². The SMILES string of the molecule is CCOc1ccccc1-c1nnc(NC(=O)CN2CCN(c3ncccn3)CC2)o1. The number of carbonyl (C=O) groups excluding carboxylic acids is 1. The van der Waals surface area contributed by atoms with Gasteiger partial charge >= 0.3 is 6.01 Å². The second-order valence-electron chi connectivity index (χ2n) is 6.70. The summed E-state index contributed by atoms with van der Waals surface area (Å²) in [6, 6.07) is 9.26. The van der Waals surface area contributed by atoms with Crippen molar-refractivity contribution >= 4 is 17.9 Å². The lowest BCUT2D eigenvalue weighted by molar-refractivity contribution is -0.117. The zero-order valence-corrected chi connectivity index (χ0v) is 16.7. The first kappa shape index (κ1) is 19.8. The van der Waals surface area contributed by atoms with E-state index in [9.17, 15) is 4.79 Å². The Morgan fingerprint density at radius 1 is 1.10 bits per heavy atom. The monoisotopic (exact) mass is 409 g/mol. The second kappa shape index (κ2) is 9.31. The number of ether oxygens (including phenoxy) is 1. The molecule has 1 saturated heterocycles. The Hall–Kier alpha value is -3.53. The first-order chi connectivity index (χ1) is 14.7. The lowest BCUT2D eigenvalue weighted by Gasteiger charge is -2.34. The maximum absolute atomic E-state index is 12.4. The Bertz CT molecular complexity index is 971. The Morgan fingerprint density at radius 3 is 2.63 bits per heavy atom. The van der Waals surface area contributed by atoms with Crippen molar-refractivity contribution in [2.24, 2.45) is 0 Å². The van der Waals surface area contributed by atoms with E-state index in [0.29, 0.717) is 29.8 Å². The van der Waals surface area contributed by atoms with Gasteiger partial charge in [-0.15, -0.1) is 5.10 Å². The Kier molecular flexibility index (Phi) is 6.14. The van der Waals surface area contributed by atoms with E-state index >= 15 is 0 Å². The molecule has 1 fully saturated rings. The van der Waals surface area contributed by atoms with Crippen molar-refractivity contribution in [2.45, 2.75) is 6.92 Å². The molecule has 1 amide bonds. The number of para-hydroxylation sites is 1. The average Bonchev–Trinajstić information content (AvgIpc) is 3.23. The van der Waals surface area contributed by atoms with Crippen LogP contribution in [0.5, 0.6) is 5.75 Å². The van der Waals surface area contributed by atoms with Gasteiger partial charge in [0.1, 0.15) is 5.75 Å². The average molecular weight is 409 g/mol. The van der Waals surface area contributed by atoms with Crippen LogP contribution in [0.1, 0.15) is 6.92 Å². The topological polar surface area (TPSA) is 110 Å². The maximum atomic E-state index is 12.4. The number of rotatable bonds is 7. The molecule has 0 unspecified atom stereocenters. The minimum atomic E-state index is -0.201. The summed E-state index contributed by atoms with van der Waals surface area (Å²) in [7, 11) is 0. The molecule has 0 atom stereocenters. The van der Waals surface area contributed by atoms with Crippen LogP contribution in [-0.2, 0) is 4.79 Å². The number of nitrogens with zero attached hydrogens (tertiary/aromatic N) is 6. The third-order valence-electron chi connectivity index (χ3n) is 4.66. The molecule has 2 aromatic heterocycles. The predicted molar refractivity (Wildman–Crippen MR) is 110 cm³/mol. The summed E-state index contributed by atoms with van der Waals surface area (Å²) in [5.74, 6) is 1.47. The van der Waals surface area contributed by atoms with E-state index in [1.807, 2.05) is 31.2 Å². The Labute approximate surface area is 173 Å². The van der Waals surface area contributed by atoms with Crippen LogP contribution in [0.25, 0.3) is 11.5 Å². The van der Waals surface area contributed by atoms with Gasteiger partial charge in [0.15, 0.2) is 0 Å². The zero-order chi connectivity index (χ0) is 20.8. The Morgan fingerprint density at radius 2 is 1.87 bits per heavy atom.